The summed E-state index contributed by atoms with van der Waals surface area (Å²) in [5.74, 6) is -0.231. The molecule has 7 nitrogen and oxygen atoms in total. The number of hydrogen-bond donors (Lipinski definition) is 1. The Morgan fingerprint density at radius 1 is 1.25 bits per heavy atom. The van der Waals surface area contributed by atoms with E-state index < -0.39 is 15.3 Å². The van der Waals surface area contributed by atoms with Crippen molar-refractivity contribution in [1.29, 1.82) is 0 Å². The highest BCUT2D eigenvalue weighted by Crippen LogP contribution is 2.29. The van der Waals surface area contributed by atoms with Crippen molar-refractivity contribution in [3.05, 3.63) is 47.5 Å². The molecule has 1 atom stereocenters. The van der Waals surface area contributed by atoms with Gasteiger partial charge in [-0.15, -0.1) is 0 Å². The van der Waals surface area contributed by atoms with E-state index in [9.17, 15) is 13.2 Å². The molecule has 0 aliphatic carbocycles. The number of nitrogens with zero attached hydrogens (tertiary/aromatic N) is 2. The number of amides is 1. The average Bonchev–Trinajstić information content (AvgIpc) is 3.02. The van der Waals surface area contributed by atoms with Crippen molar-refractivity contribution in [1.82, 2.24) is 9.29 Å². The molecule has 0 spiro atoms. The molecule has 1 N–H and O–H groups in total. The first kappa shape index (κ1) is 20.7. The fourth-order valence-electron chi connectivity index (χ4n) is 2.32. The van der Waals surface area contributed by atoms with Crippen LogP contribution in [-0.4, -0.2) is 43.0 Å². The van der Waals surface area contributed by atoms with Crippen molar-refractivity contribution in [2.75, 3.05) is 19.4 Å². The summed E-state index contributed by atoms with van der Waals surface area (Å²) in [5.41, 5.74) is 1.46. The number of oxazole rings is 1. The summed E-state index contributed by atoms with van der Waals surface area (Å²) in [6.45, 7) is 1.72. The van der Waals surface area contributed by atoms with Gasteiger partial charge >= 0.3 is 0 Å². The average molecular weight is 440 g/mol. The van der Waals surface area contributed by atoms with E-state index in [0.717, 1.165) is 16.1 Å². The van der Waals surface area contributed by atoms with Crippen LogP contribution in [-0.2, 0) is 14.8 Å². The highest BCUT2D eigenvalue weighted by atomic mass is 35.5. The summed E-state index contributed by atoms with van der Waals surface area (Å²) < 4.78 is 31.3. The van der Waals surface area contributed by atoms with E-state index in [2.05, 4.69) is 10.3 Å². The summed E-state index contributed by atoms with van der Waals surface area (Å²) >= 11 is 7.06. The van der Waals surface area contributed by atoms with Crippen molar-refractivity contribution in [2.24, 2.45) is 0 Å². The van der Waals surface area contributed by atoms with Gasteiger partial charge in [0.05, 0.1) is 10.1 Å². The Morgan fingerprint density at radius 3 is 2.68 bits per heavy atom. The Bertz CT molecular complexity index is 1130. The molecule has 148 valence electrons. The van der Waals surface area contributed by atoms with Gasteiger partial charge in [-0.2, -0.15) is 0 Å². The Balaban J connectivity index is 1.76. The number of hydrogen-bond acceptors (Lipinski definition) is 6. The number of carbonyl (C=O) groups is 1. The monoisotopic (exact) mass is 439 g/mol. The molecule has 3 aromatic rings. The number of halogens is 1. The first-order valence-corrected chi connectivity index (χ1v) is 10.9. The molecule has 1 aromatic heterocycles. The molecule has 3 rings (SSSR count). The van der Waals surface area contributed by atoms with E-state index in [1.807, 2.05) is 0 Å². The van der Waals surface area contributed by atoms with Crippen LogP contribution < -0.4 is 5.32 Å². The Kier molecular flexibility index (Phi) is 5.99. The highest BCUT2D eigenvalue weighted by molar-refractivity contribution is 8.00. The number of thioether (sulfide) groups is 1. The molecule has 1 unspecified atom stereocenters. The van der Waals surface area contributed by atoms with E-state index in [1.54, 1.807) is 37.3 Å². The lowest BCUT2D eigenvalue weighted by Gasteiger charge is -2.10. The van der Waals surface area contributed by atoms with E-state index in [0.29, 0.717) is 21.8 Å². The molecule has 0 radical (unpaired) electrons. The molecule has 1 heterocycles. The standard InChI is InChI=1S/C18H18ClN3O4S2/c1-11(17(23)20-13-6-4-5-12(19)9-13)27-18-21-15-10-14(7-8-16(15)26-18)28(24,25)22(2)3/h4-11H,1-3H3,(H,20,23). The van der Waals surface area contributed by atoms with Crippen molar-refractivity contribution in [3.8, 4) is 0 Å². The Morgan fingerprint density at radius 2 is 2.00 bits per heavy atom. The third-order valence-corrected chi connectivity index (χ3v) is 6.85. The van der Waals surface area contributed by atoms with Crippen LogP contribution in [0.1, 0.15) is 6.92 Å². The van der Waals surface area contributed by atoms with Crippen molar-refractivity contribution in [3.63, 3.8) is 0 Å². The molecule has 2 aromatic carbocycles. The van der Waals surface area contributed by atoms with Gasteiger partial charge in [0.2, 0.25) is 15.9 Å². The van der Waals surface area contributed by atoms with Gasteiger partial charge in [0, 0.05) is 24.8 Å². The fraction of sp³-hybridized carbons (Fsp3) is 0.222. The van der Waals surface area contributed by atoms with E-state index in [-0.39, 0.29) is 16.0 Å². The van der Waals surface area contributed by atoms with Gasteiger partial charge in [-0.3, -0.25) is 4.79 Å². The summed E-state index contributed by atoms with van der Waals surface area (Å²) in [6, 6.07) is 11.3. The summed E-state index contributed by atoms with van der Waals surface area (Å²) in [5, 5.41) is 3.10. The smallest absolute Gasteiger partial charge is 0.257 e. The number of anilines is 1. The number of rotatable bonds is 6. The van der Waals surface area contributed by atoms with Crippen molar-refractivity contribution >= 4 is 56.1 Å². The third kappa shape index (κ3) is 4.49. The van der Waals surface area contributed by atoms with Crippen molar-refractivity contribution in [2.45, 2.75) is 22.3 Å². The normalized spacial score (nSPS) is 13.0. The predicted octanol–water partition coefficient (Wildman–Crippen LogP) is 3.85. The molecular formula is C18H18ClN3O4S2. The minimum absolute atomic E-state index is 0.126. The number of benzene rings is 2. The molecule has 0 saturated carbocycles. The van der Waals surface area contributed by atoms with Crippen LogP contribution in [0.4, 0.5) is 5.69 Å². The van der Waals surface area contributed by atoms with Crippen LogP contribution in [0, 0.1) is 0 Å². The van der Waals surface area contributed by atoms with Crippen molar-refractivity contribution < 1.29 is 17.6 Å². The first-order chi connectivity index (χ1) is 13.2. The van der Waals surface area contributed by atoms with Crippen LogP contribution >= 0.6 is 23.4 Å². The summed E-state index contributed by atoms with van der Waals surface area (Å²) in [4.78, 5) is 16.8. The van der Waals surface area contributed by atoms with E-state index >= 15 is 0 Å². The minimum atomic E-state index is -3.56. The van der Waals surface area contributed by atoms with E-state index in [4.69, 9.17) is 16.0 Å². The lowest BCUT2D eigenvalue weighted by Crippen LogP contribution is -2.22. The molecule has 0 aliphatic heterocycles. The zero-order chi connectivity index (χ0) is 20.5. The fourth-order valence-corrected chi connectivity index (χ4v) is 4.19. The highest BCUT2D eigenvalue weighted by Gasteiger charge is 2.21. The predicted molar refractivity (Wildman–Crippen MR) is 110 cm³/mol. The molecule has 0 saturated heterocycles. The van der Waals surface area contributed by atoms with Gasteiger partial charge in [-0.25, -0.2) is 17.7 Å². The number of fused-ring (bicyclic) bond motifs is 1. The second-order valence-electron chi connectivity index (χ2n) is 6.16. The van der Waals surface area contributed by atoms with Gasteiger partial charge in [0.15, 0.2) is 5.58 Å². The Hall–Kier alpha value is -2.07. The second-order valence-corrected chi connectivity index (χ2v) is 10.0. The topological polar surface area (TPSA) is 92.5 Å². The lowest BCUT2D eigenvalue weighted by atomic mass is 10.3. The Labute approximate surface area is 172 Å². The van der Waals surface area contributed by atoms with Gasteiger partial charge < -0.3 is 9.73 Å². The van der Waals surface area contributed by atoms with Crippen LogP contribution in [0.5, 0.6) is 0 Å². The van der Waals surface area contributed by atoms with Crippen LogP contribution in [0.25, 0.3) is 11.1 Å². The number of carbonyl (C=O) groups excluding carboxylic acids is 1. The first-order valence-electron chi connectivity index (χ1n) is 8.23. The summed E-state index contributed by atoms with van der Waals surface area (Å²) in [6.07, 6.45) is 0. The van der Waals surface area contributed by atoms with Gasteiger partial charge in [-0.05, 0) is 43.3 Å². The maximum Gasteiger partial charge on any atom is 0.257 e. The second kappa shape index (κ2) is 8.12. The lowest BCUT2D eigenvalue weighted by molar-refractivity contribution is -0.115. The van der Waals surface area contributed by atoms with Crippen LogP contribution in [0.2, 0.25) is 5.02 Å². The molecule has 10 heteroatoms. The molecular weight excluding hydrogens is 422 g/mol. The maximum absolute atomic E-state index is 12.4. The molecule has 0 bridgehead atoms. The summed E-state index contributed by atoms with van der Waals surface area (Å²) in [7, 11) is -0.640. The maximum atomic E-state index is 12.4. The number of nitrogens with one attached hydrogen (secondary N) is 1. The molecule has 28 heavy (non-hydrogen) atoms. The quantitative estimate of drug-likeness (QED) is 0.586. The van der Waals surface area contributed by atoms with Crippen LogP contribution in [0.15, 0.2) is 57.0 Å². The third-order valence-electron chi connectivity index (χ3n) is 3.86. The van der Waals surface area contributed by atoms with Gasteiger partial charge in [0.1, 0.15) is 5.52 Å². The molecule has 0 fully saturated rings. The van der Waals surface area contributed by atoms with E-state index in [1.165, 1.54) is 26.2 Å². The zero-order valence-electron chi connectivity index (χ0n) is 15.3. The zero-order valence-corrected chi connectivity index (χ0v) is 17.7. The SMILES string of the molecule is CC(Sc1nc2cc(S(=O)(=O)N(C)C)ccc2o1)C(=O)Nc1cccc(Cl)c1. The number of aromatic nitrogens is 1. The molecule has 1 amide bonds. The largest absolute Gasteiger partial charge is 0.431 e. The van der Waals surface area contributed by atoms with Crippen LogP contribution in [0.3, 0.4) is 0 Å². The minimum Gasteiger partial charge on any atom is -0.431 e. The van der Waals surface area contributed by atoms with Gasteiger partial charge in [0.25, 0.3) is 5.22 Å². The van der Waals surface area contributed by atoms with Gasteiger partial charge in [-0.1, -0.05) is 29.4 Å². The number of sulfonamides is 1. The molecule has 0 aliphatic rings.